The van der Waals surface area contributed by atoms with Gasteiger partial charge < -0.3 is 15.1 Å². The predicted molar refractivity (Wildman–Crippen MR) is 82.9 cm³/mol. The molecular formula is C16H20N2O3. The van der Waals surface area contributed by atoms with Crippen molar-refractivity contribution in [2.45, 2.75) is 19.3 Å². The van der Waals surface area contributed by atoms with Crippen LogP contribution < -0.4 is 4.90 Å². The molecule has 0 amide bonds. The smallest absolute Gasteiger partial charge is 0.354 e. The zero-order valence-electron chi connectivity index (χ0n) is 12.1. The summed E-state index contributed by atoms with van der Waals surface area (Å²) in [5, 5.41) is 19.8. The van der Waals surface area contributed by atoms with E-state index in [-0.39, 0.29) is 12.3 Å². The Kier molecular flexibility index (Phi) is 5.11. The van der Waals surface area contributed by atoms with Crippen LogP contribution in [0, 0.1) is 0 Å². The summed E-state index contributed by atoms with van der Waals surface area (Å²) in [6.45, 7) is 0.986. The number of aliphatic hydroxyl groups is 1. The first-order chi connectivity index (χ1) is 10.1. The molecule has 0 aliphatic rings. The zero-order chi connectivity index (χ0) is 15.2. The second kappa shape index (κ2) is 7.04. The molecule has 0 fully saturated rings. The summed E-state index contributed by atoms with van der Waals surface area (Å²) in [5.41, 5.74) is 0.0610. The number of pyridine rings is 1. The van der Waals surface area contributed by atoms with Gasteiger partial charge in [-0.2, -0.15) is 0 Å². The average Bonchev–Trinajstić information content (AvgIpc) is 2.50. The highest BCUT2D eigenvalue weighted by atomic mass is 16.4. The molecule has 2 aromatic rings. The van der Waals surface area contributed by atoms with Crippen molar-refractivity contribution in [2.75, 3.05) is 25.1 Å². The third kappa shape index (κ3) is 3.70. The minimum Gasteiger partial charge on any atom is -0.477 e. The van der Waals surface area contributed by atoms with Gasteiger partial charge in [-0.15, -0.1) is 0 Å². The van der Waals surface area contributed by atoms with Crippen LogP contribution in [0.3, 0.4) is 0 Å². The van der Waals surface area contributed by atoms with Crippen molar-refractivity contribution in [2.24, 2.45) is 0 Å². The fourth-order valence-electron chi connectivity index (χ4n) is 2.32. The van der Waals surface area contributed by atoms with Crippen LogP contribution in [-0.4, -0.2) is 41.4 Å². The van der Waals surface area contributed by atoms with Crippen LogP contribution in [-0.2, 0) is 0 Å². The number of carboxylic acids is 1. The molecule has 5 nitrogen and oxygen atoms in total. The van der Waals surface area contributed by atoms with E-state index in [4.69, 9.17) is 5.11 Å². The number of nitrogens with zero attached hydrogens (tertiary/aromatic N) is 2. The number of hydrogen-bond acceptors (Lipinski definition) is 4. The van der Waals surface area contributed by atoms with E-state index in [0.717, 1.165) is 36.6 Å². The maximum absolute atomic E-state index is 11.2. The largest absolute Gasteiger partial charge is 0.477 e. The third-order valence-electron chi connectivity index (χ3n) is 3.45. The van der Waals surface area contributed by atoms with Gasteiger partial charge in [0, 0.05) is 25.6 Å². The quantitative estimate of drug-likeness (QED) is 0.766. The van der Waals surface area contributed by atoms with E-state index in [0.29, 0.717) is 5.82 Å². The number of aliphatic hydroxyl groups excluding tert-OH is 1. The van der Waals surface area contributed by atoms with E-state index in [2.05, 4.69) is 4.98 Å². The number of aromatic carboxylic acids is 1. The lowest BCUT2D eigenvalue weighted by Crippen LogP contribution is -2.21. The Morgan fingerprint density at radius 3 is 2.71 bits per heavy atom. The number of carboxylic acid groups (broad SMARTS) is 1. The Hall–Kier alpha value is -2.14. The zero-order valence-corrected chi connectivity index (χ0v) is 12.1. The molecule has 0 radical (unpaired) electrons. The van der Waals surface area contributed by atoms with Gasteiger partial charge in [0.1, 0.15) is 5.82 Å². The van der Waals surface area contributed by atoms with Gasteiger partial charge in [0.25, 0.3) is 0 Å². The molecule has 2 rings (SSSR count). The summed E-state index contributed by atoms with van der Waals surface area (Å²) >= 11 is 0. The molecule has 0 unspecified atom stereocenters. The minimum absolute atomic E-state index is 0.0610. The van der Waals surface area contributed by atoms with Crippen molar-refractivity contribution in [1.82, 2.24) is 4.98 Å². The van der Waals surface area contributed by atoms with Crippen LogP contribution in [0.4, 0.5) is 5.82 Å². The summed E-state index contributed by atoms with van der Waals surface area (Å²) in [6, 6.07) is 9.26. The van der Waals surface area contributed by atoms with E-state index < -0.39 is 5.97 Å². The Morgan fingerprint density at radius 2 is 2.00 bits per heavy atom. The summed E-state index contributed by atoms with van der Waals surface area (Å²) in [7, 11) is 1.92. The summed E-state index contributed by atoms with van der Waals surface area (Å²) < 4.78 is 0. The summed E-state index contributed by atoms with van der Waals surface area (Å²) in [4.78, 5) is 17.5. The van der Waals surface area contributed by atoms with Gasteiger partial charge in [-0.3, -0.25) is 0 Å². The van der Waals surface area contributed by atoms with E-state index in [1.165, 1.54) is 0 Å². The molecule has 0 aliphatic carbocycles. The number of benzene rings is 1. The molecule has 2 N–H and O–H groups in total. The van der Waals surface area contributed by atoms with Crippen molar-refractivity contribution < 1.29 is 15.0 Å². The molecule has 1 aromatic carbocycles. The van der Waals surface area contributed by atoms with Crippen LogP contribution in [0.1, 0.15) is 29.8 Å². The maximum Gasteiger partial charge on any atom is 0.354 e. The lowest BCUT2D eigenvalue weighted by molar-refractivity contribution is 0.0691. The van der Waals surface area contributed by atoms with Crippen LogP contribution in [0.5, 0.6) is 0 Å². The molecular weight excluding hydrogens is 268 g/mol. The van der Waals surface area contributed by atoms with Crippen LogP contribution >= 0.6 is 0 Å². The van der Waals surface area contributed by atoms with Crippen LogP contribution in [0.25, 0.3) is 10.8 Å². The summed E-state index contributed by atoms with van der Waals surface area (Å²) in [6.07, 6.45) is 2.67. The fourth-order valence-corrected chi connectivity index (χ4v) is 2.32. The first-order valence-electron chi connectivity index (χ1n) is 7.08. The van der Waals surface area contributed by atoms with Crippen molar-refractivity contribution in [3.63, 3.8) is 0 Å². The number of fused-ring (bicyclic) bond motifs is 1. The van der Waals surface area contributed by atoms with Gasteiger partial charge in [-0.25, -0.2) is 9.78 Å². The van der Waals surface area contributed by atoms with E-state index in [1.54, 1.807) is 6.07 Å². The summed E-state index contributed by atoms with van der Waals surface area (Å²) in [5.74, 6) is -0.329. The van der Waals surface area contributed by atoms with Crippen molar-refractivity contribution in [1.29, 1.82) is 0 Å². The van der Waals surface area contributed by atoms with Gasteiger partial charge in [-0.1, -0.05) is 24.3 Å². The molecule has 5 heteroatoms. The van der Waals surface area contributed by atoms with E-state index in [1.807, 2.05) is 36.2 Å². The number of carbonyl (C=O) groups is 1. The van der Waals surface area contributed by atoms with E-state index >= 15 is 0 Å². The Balaban J connectivity index is 2.30. The molecule has 0 saturated heterocycles. The van der Waals surface area contributed by atoms with Crippen molar-refractivity contribution in [3.8, 4) is 0 Å². The highest BCUT2D eigenvalue weighted by Crippen LogP contribution is 2.25. The number of hydrogen-bond donors (Lipinski definition) is 2. The van der Waals surface area contributed by atoms with Gasteiger partial charge in [0.15, 0.2) is 5.69 Å². The molecule has 0 bridgehead atoms. The number of aromatic nitrogens is 1. The minimum atomic E-state index is -1.02. The first kappa shape index (κ1) is 15.3. The number of rotatable bonds is 7. The average molecular weight is 288 g/mol. The highest BCUT2D eigenvalue weighted by Gasteiger charge is 2.13. The molecule has 0 saturated carbocycles. The molecule has 21 heavy (non-hydrogen) atoms. The van der Waals surface area contributed by atoms with Crippen molar-refractivity contribution in [3.05, 3.63) is 36.0 Å². The SMILES string of the molecule is CN(CCCCCO)c1nc(C(=O)O)cc2ccccc12. The van der Waals surface area contributed by atoms with E-state index in [9.17, 15) is 9.90 Å². The molecule has 1 aromatic heterocycles. The second-order valence-corrected chi connectivity index (χ2v) is 5.06. The monoisotopic (exact) mass is 288 g/mol. The normalized spacial score (nSPS) is 10.8. The first-order valence-corrected chi connectivity index (χ1v) is 7.08. The molecule has 1 heterocycles. The molecule has 0 spiro atoms. The molecule has 0 atom stereocenters. The number of anilines is 1. The predicted octanol–water partition coefficient (Wildman–Crippen LogP) is 2.53. The Labute approximate surface area is 123 Å². The van der Waals surface area contributed by atoms with Gasteiger partial charge >= 0.3 is 5.97 Å². The van der Waals surface area contributed by atoms with Gasteiger partial charge in [-0.05, 0) is 30.7 Å². The lowest BCUT2D eigenvalue weighted by atomic mass is 10.1. The van der Waals surface area contributed by atoms with Crippen LogP contribution in [0.15, 0.2) is 30.3 Å². The van der Waals surface area contributed by atoms with Gasteiger partial charge in [0.2, 0.25) is 0 Å². The topological polar surface area (TPSA) is 73.7 Å². The Morgan fingerprint density at radius 1 is 1.24 bits per heavy atom. The molecule has 112 valence electrons. The Bertz CT molecular complexity index is 628. The standard InChI is InChI=1S/C16H20N2O3/c1-18(9-5-2-6-10-19)15-13-8-4-3-7-12(13)11-14(17-15)16(20)21/h3-4,7-8,11,19H,2,5-6,9-10H2,1H3,(H,20,21). The highest BCUT2D eigenvalue weighted by molar-refractivity contribution is 5.97. The van der Waals surface area contributed by atoms with Crippen LogP contribution in [0.2, 0.25) is 0 Å². The lowest BCUT2D eigenvalue weighted by Gasteiger charge is -2.20. The van der Waals surface area contributed by atoms with Gasteiger partial charge in [0.05, 0.1) is 0 Å². The maximum atomic E-state index is 11.2. The fraction of sp³-hybridized carbons (Fsp3) is 0.375. The number of unbranched alkanes of at least 4 members (excludes halogenated alkanes) is 2. The third-order valence-corrected chi connectivity index (χ3v) is 3.45. The van der Waals surface area contributed by atoms with Crippen molar-refractivity contribution >= 4 is 22.6 Å². The second-order valence-electron chi connectivity index (χ2n) is 5.06. The molecule has 0 aliphatic heterocycles.